The number of hydrogen-bond acceptors (Lipinski definition) is 3. The number of nitrogens with zero attached hydrogens (tertiary/aromatic N) is 2. The van der Waals surface area contributed by atoms with Gasteiger partial charge in [-0.05, 0) is 6.92 Å². The van der Waals surface area contributed by atoms with Crippen molar-refractivity contribution in [2.24, 2.45) is 0 Å². The van der Waals surface area contributed by atoms with Crippen molar-refractivity contribution < 1.29 is 5.11 Å². The van der Waals surface area contributed by atoms with Gasteiger partial charge in [0.15, 0.2) is 0 Å². The number of aromatic nitrogens is 2. The van der Waals surface area contributed by atoms with Crippen LogP contribution >= 0.6 is 0 Å². The van der Waals surface area contributed by atoms with E-state index in [0.29, 0.717) is 6.54 Å². The first kappa shape index (κ1) is 6.80. The van der Waals surface area contributed by atoms with Crippen molar-refractivity contribution in [3.8, 4) is 5.88 Å². The van der Waals surface area contributed by atoms with Crippen LogP contribution in [-0.4, -0.2) is 14.7 Å². The molecule has 0 aliphatic heterocycles. The van der Waals surface area contributed by atoms with Crippen LogP contribution in [0.5, 0.6) is 5.88 Å². The van der Waals surface area contributed by atoms with Crippen molar-refractivity contribution in [3.05, 3.63) is 22.7 Å². The van der Waals surface area contributed by atoms with Crippen LogP contribution in [0, 0.1) is 0 Å². The Hall–Kier alpha value is -1.32. The Morgan fingerprint density at radius 3 is 3.00 bits per heavy atom. The molecule has 4 heteroatoms. The van der Waals surface area contributed by atoms with Gasteiger partial charge in [0.25, 0.3) is 5.56 Å². The topological polar surface area (TPSA) is 55.1 Å². The van der Waals surface area contributed by atoms with Gasteiger partial charge in [-0.15, -0.1) is 0 Å². The molecule has 0 aromatic carbocycles. The predicted molar refractivity (Wildman–Crippen MR) is 35.8 cm³/mol. The second-order valence-corrected chi connectivity index (χ2v) is 1.87. The summed E-state index contributed by atoms with van der Waals surface area (Å²) in [5.41, 5.74) is -0.227. The van der Waals surface area contributed by atoms with Crippen molar-refractivity contribution in [3.63, 3.8) is 0 Å². The smallest absolute Gasteiger partial charge is 0.257 e. The number of rotatable bonds is 1. The van der Waals surface area contributed by atoms with E-state index in [1.54, 1.807) is 0 Å². The molecule has 0 aliphatic rings. The van der Waals surface area contributed by atoms with Gasteiger partial charge in [-0.25, -0.2) is 4.98 Å². The highest BCUT2D eigenvalue weighted by Gasteiger charge is 1.93. The zero-order chi connectivity index (χ0) is 7.56. The third-order valence-electron chi connectivity index (χ3n) is 1.21. The molecule has 0 saturated heterocycles. The van der Waals surface area contributed by atoms with Crippen LogP contribution in [0.15, 0.2) is 17.2 Å². The van der Waals surface area contributed by atoms with Crippen LogP contribution in [0.3, 0.4) is 0 Å². The molecule has 0 radical (unpaired) electrons. The van der Waals surface area contributed by atoms with E-state index in [0.717, 1.165) is 6.07 Å². The average Bonchev–Trinajstić information content (AvgIpc) is 1.88. The zero-order valence-electron chi connectivity index (χ0n) is 5.61. The van der Waals surface area contributed by atoms with Gasteiger partial charge in [-0.1, -0.05) is 0 Å². The van der Waals surface area contributed by atoms with Gasteiger partial charge in [0.1, 0.15) is 6.33 Å². The molecule has 0 saturated carbocycles. The fourth-order valence-corrected chi connectivity index (χ4v) is 0.654. The van der Waals surface area contributed by atoms with Gasteiger partial charge in [-0.3, -0.25) is 9.36 Å². The summed E-state index contributed by atoms with van der Waals surface area (Å²) in [6.45, 7) is 2.41. The molecule has 0 spiro atoms. The highest BCUT2D eigenvalue weighted by Crippen LogP contribution is 1.93. The Morgan fingerprint density at radius 2 is 2.50 bits per heavy atom. The first-order valence-electron chi connectivity index (χ1n) is 2.99. The van der Waals surface area contributed by atoms with E-state index >= 15 is 0 Å². The molecule has 4 nitrogen and oxygen atoms in total. The molecule has 10 heavy (non-hydrogen) atoms. The van der Waals surface area contributed by atoms with E-state index in [2.05, 4.69) is 4.98 Å². The second kappa shape index (κ2) is 2.51. The normalized spacial score (nSPS) is 9.70. The summed E-state index contributed by atoms with van der Waals surface area (Å²) in [4.78, 5) is 14.4. The summed E-state index contributed by atoms with van der Waals surface area (Å²) in [5.74, 6) is -0.227. The van der Waals surface area contributed by atoms with Crippen molar-refractivity contribution in [1.29, 1.82) is 0 Å². The lowest BCUT2D eigenvalue weighted by atomic mass is 10.6. The van der Waals surface area contributed by atoms with E-state index in [-0.39, 0.29) is 11.4 Å². The van der Waals surface area contributed by atoms with Gasteiger partial charge >= 0.3 is 0 Å². The van der Waals surface area contributed by atoms with Gasteiger partial charge in [-0.2, -0.15) is 0 Å². The van der Waals surface area contributed by atoms with Crippen molar-refractivity contribution >= 4 is 0 Å². The molecule has 1 aromatic heterocycles. The Bertz CT molecular complexity index is 279. The average molecular weight is 140 g/mol. The second-order valence-electron chi connectivity index (χ2n) is 1.87. The summed E-state index contributed by atoms with van der Waals surface area (Å²) < 4.78 is 1.40. The number of aryl methyl sites for hydroxylation is 1. The molecule has 0 atom stereocenters. The maximum Gasteiger partial charge on any atom is 0.257 e. The van der Waals surface area contributed by atoms with Crippen LogP contribution in [0.25, 0.3) is 0 Å². The van der Waals surface area contributed by atoms with E-state index < -0.39 is 0 Å². The zero-order valence-corrected chi connectivity index (χ0v) is 5.61. The largest absolute Gasteiger partial charge is 0.493 e. The standard InChI is InChI=1S/C6H8N2O2/c1-2-8-4-7-5(9)3-6(8)10/h3-4,9H,2H2,1H3. The lowest BCUT2D eigenvalue weighted by Crippen LogP contribution is -2.17. The van der Waals surface area contributed by atoms with Crippen LogP contribution in [0.4, 0.5) is 0 Å². The minimum Gasteiger partial charge on any atom is -0.493 e. The number of hydrogen-bond donors (Lipinski definition) is 1. The summed E-state index contributed by atoms with van der Waals surface area (Å²) in [5, 5.41) is 8.71. The Kier molecular flexibility index (Phi) is 1.71. The van der Waals surface area contributed by atoms with Crippen LogP contribution in [-0.2, 0) is 6.54 Å². The van der Waals surface area contributed by atoms with E-state index in [9.17, 15) is 4.79 Å². The first-order chi connectivity index (χ1) is 4.74. The Labute approximate surface area is 57.8 Å². The summed E-state index contributed by atoms with van der Waals surface area (Å²) in [7, 11) is 0. The summed E-state index contributed by atoms with van der Waals surface area (Å²) in [6, 6.07) is 1.09. The maximum atomic E-state index is 10.8. The third kappa shape index (κ3) is 1.15. The molecule has 1 rings (SSSR count). The lowest BCUT2D eigenvalue weighted by molar-refractivity contribution is 0.446. The van der Waals surface area contributed by atoms with Gasteiger partial charge in [0.2, 0.25) is 5.88 Å². The van der Waals surface area contributed by atoms with Crippen LogP contribution in [0.2, 0.25) is 0 Å². The molecule has 0 amide bonds. The predicted octanol–water partition coefficient (Wildman–Crippen LogP) is -0.0312. The quantitative estimate of drug-likeness (QED) is 0.596. The highest BCUT2D eigenvalue weighted by atomic mass is 16.3. The Balaban J connectivity index is 3.20. The molecule has 0 fully saturated rings. The van der Waals surface area contributed by atoms with Gasteiger partial charge < -0.3 is 5.11 Å². The van der Waals surface area contributed by atoms with Crippen LogP contribution < -0.4 is 5.56 Å². The highest BCUT2D eigenvalue weighted by molar-refractivity contribution is 5.02. The van der Waals surface area contributed by atoms with Crippen molar-refractivity contribution in [2.75, 3.05) is 0 Å². The maximum absolute atomic E-state index is 10.8. The Morgan fingerprint density at radius 1 is 1.80 bits per heavy atom. The molecular formula is C6H8N2O2. The van der Waals surface area contributed by atoms with Crippen LogP contribution in [0.1, 0.15) is 6.92 Å². The SMILES string of the molecule is CCn1cnc(O)cc1=O. The molecular weight excluding hydrogens is 132 g/mol. The minimum atomic E-state index is -0.227. The molecule has 54 valence electrons. The summed E-state index contributed by atoms with van der Waals surface area (Å²) >= 11 is 0. The molecule has 0 bridgehead atoms. The molecule has 1 N–H and O–H groups in total. The third-order valence-corrected chi connectivity index (χ3v) is 1.21. The van der Waals surface area contributed by atoms with E-state index in [1.165, 1.54) is 10.9 Å². The fraction of sp³-hybridized carbons (Fsp3) is 0.333. The molecule has 0 aliphatic carbocycles. The lowest BCUT2D eigenvalue weighted by Gasteiger charge is -1.97. The van der Waals surface area contributed by atoms with E-state index in [1.807, 2.05) is 6.92 Å². The van der Waals surface area contributed by atoms with Crippen molar-refractivity contribution in [2.45, 2.75) is 13.5 Å². The minimum absolute atomic E-state index is 0.227. The van der Waals surface area contributed by atoms with Crippen molar-refractivity contribution in [1.82, 2.24) is 9.55 Å². The molecule has 0 unspecified atom stereocenters. The molecule has 1 aromatic rings. The van der Waals surface area contributed by atoms with E-state index in [4.69, 9.17) is 5.11 Å². The number of aromatic hydroxyl groups is 1. The van der Waals surface area contributed by atoms with Gasteiger partial charge in [0, 0.05) is 6.54 Å². The monoisotopic (exact) mass is 140 g/mol. The first-order valence-corrected chi connectivity index (χ1v) is 2.99. The van der Waals surface area contributed by atoms with Gasteiger partial charge in [0.05, 0.1) is 6.07 Å². The molecule has 1 heterocycles. The fourth-order valence-electron chi connectivity index (χ4n) is 0.654. The summed E-state index contributed by atoms with van der Waals surface area (Å²) in [6.07, 6.45) is 1.32.